The van der Waals surface area contributed by atoms with Gasteiger partial charge in [-0.2, -0.15) is 4.98 Å². The first-order chi connectivity index (χ1) is 9.07. The molecule has 0 bridgehead atoms. The highest BCUT2D eigenvalue weighted by molar-refractivity contribution is 5.03. The fourth-order valence-electron chi connectivity index (χ4n) is 3.12. The van der Waals surface area contributed by atoms with Crippen molar-refractivity contribution in [2.24, 2.45) is 5.92 Å². The average molecular weight is 264 g/mol. The number of rotatable bonds is 4. The molecule has 1 aromatic heterocycles. The predicted molar refractivity (Wildman–Crippen MR) is 72.9 cm³/mol. The summed E-state index contributed by atoms with van der Waals surface area (Å²) in [6.45, 7) is 9.75. The Hall–Kier alpha value is -0.940. The molecule has 1 aliphatic heterocycles. The molecule has 1 aliphatic carbocycles. The molecule has 1 saturated carbocycles. The third kappa shape index (κ3) is 2.82. The fraction of sp³-hybridized carbons (Fsp3) is 0.857. The highest BCUT2D eigenvalue weighted by Crippen LogP contribution is 2.41. The molecule has 2 atom stereocenters. The molecule has 2 heterocycles. The molecule has 106 valence electrons. The molecule has 1 saturated heterocycles. The van der Waals surface area contributed by atoms with Crippen molar-refractivity contribution in [1.29, 1.82) is 0 Å². The summed E-state index contributed by atoms with van der Waals surface area (Å²) in [7, 11) is 0. The van der Waals surface area contributed by atoms with Gasteiger partial charge in [-0.15, -0.1) is 0 Å². The van der Waals surface area contributed by atoms with Gasteiger partial charge < -0.3 is 9.84 Å². The first-order valence-corrected chi connectivity index (χ1v) is 7.35. The van der Waals surface area contributed by atoms with Crippen molar-refractivity contribution >= 4 is 0 Å². The van der Waals surface area contributed by atoms with Gasteiger partial charge in [0.2, 0.25) is 5.89 Å². The summed E-state index contributed by atoms with van der Waals surface area (Å²) in [5, 5.41) is 7.73. The minimum absolute atomic E-state index is 0.305. The lowest BCUT2D eigenvalue weighted by molar-refractivity contribution is 0.0838. The number of nitrogens with zero attached hydrogens (tertiary/aromatic N) is 3. The average Bonchev–Trinajstić information content (AvgIpc) is 3.16. The molecular formula is C14H24N4O. The van der Waals surface area contributed by atoms with E-state index in [1.807, 2.05) is 6.92 Å². The molecule has 0 spiro atoms. The Morgan fingerprint density at radius 3 is 2.89 bits per heavy atom. The number of piperazine rings is 1. The van der Waals surface area contributed by atoms with Crippen molar-refractivity contribution in [1.82, 2.24) is 20.4 Å². The zero-order valence-corrected chi connectivity index (χ0v) is 12.1. The van der Waals surface area contributed by atoms with Gasteiger partial charge in [0, 0.05) is 44.6 Å². The van der Waals surface area contributed by atoms with Crippen LogP contribution in [0.2, 0.25) is 0 Å². The van der Waals surface area contributed by atoms with Gasteiger partial charge in [-0.05, 0) is 32.6 Å². The van der Waals surface area contributed by atoms with Crippen molar-refractivity contribution in [3.63, 3.8) is 0 Å². The minimum Gasteiger partial charge on any atom is -0.340 e. The van der Waals surface area contributed by atoms with E-state index >= 15 is 0 Å². The molecule has 5 nitrogen and oxygen atoms in total. The van der Waals surface area contributed by atoms with Crippen LogP contribution in [0.4, 0.5) is 0 Å². The Bertz CT molecular complexity index is 442. The van der Waals surface area contributed by atoms with Gasteiger partial charge in [0.1, 0.15) is 0 Å². The summed E-state index contributed by atoms with van der Waals surface area (Å²) in [5.41, 5.74) is 0.305. The third-order valence-corrected chi connectivity index (χ3v) is 4.63. The second kappa shape index (κ2) is 4.87. The van der Waals surface area contributed by atoms with Crippen LogP contribution in [-0.2, 0) is 6.42 Å². The summed E-state index contributed by atoms with van der Waals surface area (Å²) < 4.78 is 5.03. The van der Waals surface area contributed by atoms with Crippen LogP contribution in [0.3, 0.4) is 0 Å². The molecule has 2 aliphatic rings. The Labute approximate surface area is 114 Å². The lowest BCUT2D eigenvalue weighted by Crippen LogP contribution is -2.63. The van der Waals surface area contributed by atoms with E-state index in [0.29, 0.717) is 17.5 Å². The van der Waals surface area contributed by atoms with Crippen LogP contribution in [0.5, 0.6) is 0 Å². The SMILES string of the molecule is Cc1nc(CCN2CC(C)(C3CC3)NCC2C)no1. The first-order valence-electron chi connectivity index (χ1n) is 7.35. The van der Waals surface area contributed by atoms with E-state index in [2.05, 4.69) is 34.2 Å². The number of nitrogens with one attached hydrogen (secondary N) is 1. The highest BCUT2D eigenvalue weighted by atomic mass is 16.5. The van der Waals surface area contributed by atoms with Crippen molar-refractivity contribution in [2.75, 3.05) is 19.6 Å². The van der Waals surface area contributed by atoms with Crippen LogP contribution in [0.15, 0.2) is 4.52 Å². The maximum Gasteiger partial charge on any atom is 0.223 e. The number of hydrogen-bond donors (Lipinski definition) is 1. The van der Waals surface area contributed by atoms with Gasteiger partial charge in [-0.25, -0.2) is 0 Å². The largest absolute Gasteiger partial charge is 0.340 e. The van der Waals surface area contributed by atoms with E-state index in [9.17, 15) is 0 Å². The summed E-state index contributed by atoms with van der Waals surface area (Å²) in [6.07, 6.45) is 3.65. The van der Waals surface area contributed by atoms with Crippen LogP contribution >= 0.6 is 0 Å². The van der Waals surface area contributed by atoms with Crippen LogP contribution in [-0.4, -0.2) is 46.3 Å². The fourth-order valence-corrected chi connectivity index (χ4v) is 3.12. The molecule has 2 fully saturated rings. The van der Waals surface area contributed by atoms with Crippen LogP contribution < -0.4 is 5.32 Å². The summed E-state index contributed by atoms with van der Waals surface area (Å²) in [6, 6.07) is 0.583. The molecule has 2 unspecified atom stereocenters. The molecule has 5 heteroatoms. The standard InChI is InChI=1S/C14H24N4O/c1-10-8-15-14(3,12-4-5-12)9-18(10)7-6-13-16-11(2)19-17-13/h10,12,15H,4-9H2,1-3H3. The van der Waals surface area contributed by atoms with Gasteiger partial charge in [-0.3, -0.25) is 4.90 Å². The van der Waals surface area contributed by atoms with E-state index in [4.69, 9.17) is 4.52 Å². The number of aromatic nitrogens is 2. The maximum absolute atomic E-state index is 5.03. The van der Waals surface area contributed by atoms with Crippen LogP contribution in [0, 0.1) is 12.8 Å². The van der Waals surface area contributed by atoms with Gasteiger partial charge in [0.15, 0.2) is 5.82 Å². The van der Waals surface area contributed by atoms with E-state index < -0.39 is 0 Å². The molecule has 0 radical (unpaired) electrons. The predicted octanol–water partition coefficient (Wildman–Crippen LogP) is 1.38. The van der Waals surface area contributed by atoms with Gasteiger partial charge in [-0.1, -0.05) is 5.16 Å². The van der Waals surface area contributed by atoms with Crippen molar-refractivity contribution < 1.29 is 4.52 Å². The molecule has 1 N–H and O–H groups in total. The first kappa shape index (κ1) is 13.1. The number of aryl methyl sites for hydroxylation is 1. The lowest BCUT2D eigenvalue weighted by atomic mass is 9.91. The molecule has 19 heavy (non-hydrogen) atoms. The smallest absolute Gasteiger partial charge is 0.223 e. The van der Waals surface area contributed by atoms with Crippen molar-refractivity contribution in [2.45, 2.75) is 51.6 Å². The quantitative estimate of drug-likeness (QED) is 0.890. The van der Waals surface area contributed by atoms with Crippen LogP contribution in [0.25, 0.3) is 0 Å². The van der Waals surface area contributed by atoms with Gasteiger partial charge in [0.05, 0.1) is 0 Å². The Morgan fingerprint density at radius 2 is 2.26 bits per heavy atom. The van der Waals surface area contributed by atoms with Gasteiger partial charge in [0.25, 0.3) is 0 Å². The normalized spacial score (nSPS) is 32.7. The molecule has 1 aromatic rings. The summed E-state index contributed by atoms with van der Waals surface area (Å²) >= 11 is 0. The second-order valence-corrected chi connectivity index (χ2v) is 6.37. The Morgan fingerprint density at radius 1 is 1.47 bits per heavy atom. The summed E-state index contributed by atoms with van der Waals surface area (Å²) in [4.78, 5) is 6.85. The van der Waals surface area contributed by atoms with Crippen LogP contribution in [0.1, 0.15) is 38.4 Å². The third-order valence-electron chi connectivity index (χ3n) is 4.63. The van der Waals surface area contributed by atoms with Crippen molar-refractivity contribution in [3.05, 3.63) is 11.7 Å². The zero-order valence-electron chi connectivity index (χ0n) is 12.1. The highest BCUT2D eigenvalue weighted by Gasteiger charge is 2.45. The molecule has 0 amide bonds. The topological polar surface area (TPSA) is 54.2 Å². The monoisotopic (exact) mass is 264 g/mol. The Balaban J connectivity index is 1.59. The van der Waals surface area contributed by atoms with E-state index in [1.54, 1.807) is 0 Å². The molecular weight excluding hydrogens is 240 g/mol. The van der Waals surface area contributed by atoms with E-state index in [1.165, 1.54) is 12.8 Å². The van der Waals surface area contributed by atoms with Crippen molar-refractivity contribution in [3.8, 4) is 0 Å². The zero-order chi connectivity index (χ0) is 13.5. The van der Waals surface area contributed by atoms with E-state index in [0.717, 1.165) is 37.8 Å². The molecule has 3 rings (SSSR count). The maximum atomic E-state index is 5.03. The minimum atomic E-state index is 0.305. The summed E-state index contributed by atoms with van der Waals surface area (Å²) in [5.74, 6) is 2.36. The second-order valence-electron chi connectivity index (χ2n) is 6.37. The lowest BCUT2D eigenvalue weighted by Gasteiger charge is -2.45. The Kier molecular flexibility index (Phi) is 3.35. The van der Waals surface area contributed by atoms with Gasteiger partial charge >= 0.3 is 0 Å². The van der Waals surface area contributed by atoms with E-state index in [-0.39, 0.29) is 0 Å². The number of hydrogen-bond acceptors (Lipinski definition) is 5. The molecule has 0 aromatic carbocycles.